The standard InChI is InChI=1S/C21H26N2O5/c1-13(2)5-6-16-11-14(3)18(21(26)28-16)19(24)23-17(20(25)27-4)12-15-7-9-22-10-8-15/h7-11,13,17H,5-6,12H2,1-4H3,(H,23,24)/t17-/m1/s1. The average molecular weight is 386 g/mol. The number of aryl methyl sites for hydroxylation is 2. The highest BCUT2D eigenvalue weighted by Gasteiger charge is 2.25. The van der Waals surface area contributed by atoms with E-state index in [1.54, 1.807) is 37.5 Å². The number of rotatable bonds is 8. The molecule has 2 rings (SSSR count). The quantitative estimate of drug-likeness (QED) is 0.700. The molecule has 0 saturated carbocycles. The lowest BCUT2D eigenvalue weighted by Crippen LogP contribution is -2.44. The Hall–Kier alpha value is -2.96. The largest absolute Gasteiger partial charge is 0.467 e. The normalized spacial score (nSPS) is 11.9. The van der Waals surface area contributed by atoms with Crippen LogP contribution in [0, 0.1) is 12.8 Å². The van der Waals surface area contributed by atoms with Gasteiger partial charge in [0.2, 0.25) is 0 Å². The van der Waals surface area contributed by atoms with E-state index in [0.29, 0.717) is 23.7 Å². The summed E-state index contributed by atoms with van der Waals surface area (Å²) in [7, 11) is 1.25. The first-order chi connectivity index (χ1) is 13.3. The number of carbonyl (C=O) groups excluding carboxylic acids is 2. The Morgan fingerprint density at radius 2 is 1.93 bits per heavy atom. The second-order valence-corrected chi connectivity index (χ2v) is 7.10. The van der Waals surface area contributed by atoms with Crippen LogP contribution < -0.4 is 10.9 Å². The zero-order chi connectivity index (χ0) is 20.7. The number of hydrogen-bond donors (Lipinski definition) is 1. The molecule has 1 N–H and O–H groups in total. The molecule has 0 aliphatic carbocycles. The highest BCUT2D eigenvalue weighted by molar-refractivity contribution is 5.97. The second-order valence-electron chi connectivity index (χ2n) is 7.10. The van der Waals surface area contributed by atoms with Gasteiger partial charge in [0.1, 0.15) is 17.4 Å². The molecule has 0 aromatic carbocycles. The summed E-state index contributed by atoms with van der Waals surface area (Å²) in [5.41, 5.74) is 0.513. The molecule has 0 aliphatic rings. The lowest BCUT2D eigenvalue weighted by molar-refractivity contribution is -0.142. The molecular weight excluding hydrogens is 360 g/mol. The number of carbonyl (C=O) groups is 2. The molecule has 2 aromatic heterocycles. The Kier molecular flexibility index (Phi) is 7.49. The SMILES string of the molecule is COC(=O)[C@@H](Cc1ccncc1)NC(=O)c1c(C)cc(CCC(C)C)oc1=O. The molecule has 0 unspecified atom stereocenters. The summed E-state index contributed by atoms with van der Waals surface area (Å²) in [6.45, 7) is 5.85. The van der Waals surface area contributed by atoms with Crippen molar-refractivity contribution >= 4 is 11.9 Å². The van der Waals surface area contributed by atoms with Crippen molar-refractivity contribution in [2.45, 2.75) is 46.1 Å². The van der Waals surface area contributed by atoms with E-state index in [9.17, 15) is 14.4 Å². The van der Waals surface area contributed by atoms with Gasteiger partial charge in [-0.15, -0.1) is 0 Å². The topological polar surface area (TPSA) is 98.5 Å². The van der Waals surface area contributed by atoms with Crippen LogP contribution in [0.2, 0.25) is 0 Å². The highest BCUT2D eigenvalue weighted by atomic mass is 16.5. The lowest BCUT2D eigenvalue weighted by Gasteiger charge is -2.17. The van der Waals surface area contributed by atoms with Crippen molar-refractivity contribution in [3.8, 4) is 0 Å². The minimum atomic E-state index is -0.931. The van der Waals surface area contributed by atoms with Crippen LogP contribution in [-0.4, -0.2) is 30.0 Å². The molecule has 0 radical (unpaired) electrons. The highest BCUT2D eigenvalue weighted by Crippen LogP contribution is 2.12. The number of nitrogens with zero attached hydrogens (tertiary/aromatic N) is 1. The van der Waals surface area contributed by atoms with Gasteiger partial charge < -0.3 is 14.5 Å². The lowest BCUT2D eigenvalue weighted by atomic mass is 10.0. The molecule has 2 heterocycles. The van der Waals surface area contributed by atoms with E-state index in [2.05, 4.69) is 24.1 Å². The summed E-state index contributed by atoms with van der Waals surface area (Å²) in [4.78, 5) is 41.1. The van der Waals surface area contributed by atoms with Crippen molar-refractivity contribution in [1.82, 2.24) is 10.3 Å². The van der Waals surface area contributed by atoms with E-state index in [1.165, 1.54) is 7.11 Å². The van der Waals surface area contributed by atoms with Crippen LogP contribution in [0.25, 0.3) is 0 Å². The number of esters is 1. The Morgan fingerprint density at radius 1 is 1.25 bits per heavy atom. The summed E-state index contributed by atoms with van der Waals surface area (Å²) < 4.78 is 10.1. The van der Waals surface area contributed by atoms with Crippen molar-refractivity contribution < 1.29 is 18.7 Å². The molecule has 0 aliphatic heterocycles. The molecule has 28 heavy (non-hydrogen) atoms. The smallest absolute Gasteiger partial charge is 0.349 e. The van der Waals surface area contributed by atoms with Crippen LogP contribution in [0.5, 0.6) is 0 Å². The fourth-order valence-corrected chi connectivity index (χ4v) is 2.82. The fourth-order valence-electron chi connectivity index (χ4n) is 2.82. The van der Waals surface area contributed by atoms with Gasteiger partial charge in [-0.3, -0.25) is 9.78 Å². The third-order valence-electron chi connectivity index (χ3n) is 4.38. The van der Waals surface area contributed by atoms with Gasteiger partial charge in [0.15, 0.2) is 0 Å². The first-order valence-corrected chi connectivity index (χ1v) is 9.23. The zero-order valence-electron chi connectivity index (χ0n) is 16.7. The summed E-state index contributed by atoms with van der Waals surface area (Å²) in [6, 6.07) is 4.25. The van der Waals surface area contributed by atoms with Gasteiger partial charge in [-0.05, 0) is 48.6 Å². The van der Waals surface area contributed by atoms with Crippen molar-refractivity contribution in [3.05, 3.63) is 63.5 Å². The molecule has 150 valence electrons. The predicted molar refractivity (Wildman–Crippen MR) is 104 cm³/mol. The fraction of sp³-hybridized carbons (Fsp3) is 0.429. The Balaban J connectivity index is 2.20. The number of hydrogen-bond acceptors (Lipinski definition) is 6. The van der Waals surface area contributed by atoms with Crippen molar-refractivity contribution in [2.24, 2.45) is 5.92 Å². The van der Waals surface area contributed by atoms with Crippen LogP contribution in [0.15, 0.2) is 39.8 Å². The van der Waals surface area contributed by atoms with E-state index < -0.39 is 23.5 Å². The maximum atomic E-state index is 12.7. The summed E-state index contributed by atoms with van der Waals surface area (Å²) in [5, 5.41) is 2.59. The monoisotopic (exact) mass is 386 g/mol. The van der Waals surface area contributed by atoms with Crippen molar-refractivity contribution in [3.63, 3.8) is 0 Å². The molecule has 7 nitrogen and oxygen atoms in total. The third kappa shape index (κ3) is 5.77. The van der Waals surface area contributed by atoms with E-state index >= 15 is 0 Å². The molecule has 7 heteroatoms. The number of amides is 1. The minimum absolute atomic E-state index is 0.100. The minimum Gasteiger partial charge on any atom is -0.467 e. The molecule has 1 amide bonds. The third-order valence-corrected chi connectivity index (χ3v) is 4.38. The molecular formula is C21H26N2O5. The number of nitrogens with one attached hydrogen (secondary N) is 1. The van der Waals surface area contributed by atoms with Crippen LogP contribution >= 0.6 is 0 Å². The Morgan fingerprint density at radius 3 is 2.50 bits per heavy atom. The number of methoxy groups -OCH3 is 1. The van der Waals surface area contributed by atoms with E-state index in [0.717, 1.165) is 12.0 Å². The number of aromatic nitrogens is 1. The molecule has 2 aromatic rings. The average Bonchev–Trinajstić information content (AvgIpc) is 2.65. The van der Waals surface area contributed by atoms with Crippen LogP contribution in [0.3, 0.4) is 0 Å². The van der Waals surface area contributed by atoms with Gasteiger partial charge in [0, 0.05) is 25.2 Å². The summed E-state index contributed by atoms with van der Waals surface area (Å²) in [5.74, 6) is -0.233. The van der Waals surface area contributed by atoms with Gasteiger partial charge in [-0.25, -0.2) is 9.59 Å². The van der Waals surface area contributed by atoms with Crippen LogP contribution in [0.1, 0.15) is 47.5 Å². The van der Waals surface area contributed by atoms with E-state index in [-0.39, 0.29) is 12.0 Å². The van der Waals surface area contributed by atoms with Gasteiger partial charge in [0.05, 0.1) is 7.11 Å². The van der Waals surface area contributed by atoms with Crippen LogP contribution in [-0.2, 0) is 22.4 Å². The van der Waals surface area contributed by atoms with Gasteiger partial charge in [-0.1, -0.05) is 13.8 Å². The summed E-state index contributed by atoms with van der Waals surface area (Å²) >= 11 is 0. The maximum absolute atomic E-state index is 12.7. The van der Waals surface area contributed by atoms with Gasteiger partial charge in [0.25, 0.3) is 5.91 Å². The predicted octanol–water partition coefficient (Wildman–Crippen LogP) is 2.45. The van der Waals surface area contributed by atoms with Crippen molar-refractivity contribution in [1.29, 1.82) is 0 Å². The number of ether oxygens (including phenoxy) is 1. The Labute approximate surface area is 164 Å². The number of pyridine rings is 1. The molecule has 0 fully saturated rings. The van der Waals surface area contributed by atoms with Gasteiger partial charge >= 0.3 is 11.6 Å². The molecule has 0 spiro atoms. The summed E-state index contributed by atoms with van der Waals surface area (Å²) in [6.07, 6.45) is 4.92. The molecule has 0 bridgehead atoms. The van der Waals surface area contributed by atoms with Crippen molar-refractivity contribution in [2.75, 3.05) is 7.11 Å². The van der Waals surface area contributed by atoms with Crippen LogP contribution in [0.4, 0.5) is 0 Å². The van der Waals surface area contributed by atoms with E-state index in [4.69, 9.17) is 9.15 Å². The molecule has 1 atom stereocenters. The first-order valence-electron chi connectivity index (χ1n) is 9.23. The zero-order valence-corrected chi connectivity index (χ0v) is 16.7. The second kappa shape index (κ2) is 9.82. The van der Waals surface area contributed by atoms with E-state index in [1.807, 2.05) is 0 Å². The first kappa shape index (κ1) is 21.3. The molecule has 0 saturated heterocycles. The Bertz CT molecular complexity index is 874. The maximum Gasteiger partial charge on any atom is 0.349 e. The van der Waals surface area contributed by atoms with Gasteiger partial charge in [-0.2, -0.15) is 0 Å².